The van der Waals surface area contributed by atoms with Gasteiger partial charge in [-0.3, -0.25) is 9.59 Å². The molecule has 1 heterocycles. The van der Waals surface area contributed by atoms with Crippen molar-refractivity contribution in [1.82, 2.24) is 4.57 Å². The summed E-state index contributed by atoms with van der Waals surface area (Å²) in [6, 6.07) is 12.0. The zero-order valence-corrected chi connectivity index (χ0v) is 17.1. The van der Waals surface area contributed by atoms with Crippen LogP contribution in [0.25, 0.3) is 10.8 Å². The first kappa shape index (κ1) is 21.1. The SMILES string of the molecule is COC(=O)CCn1c(C)cc(C(=O)COC(=O)c2cc3ccccc3cc2O)c1C. The van der Waals surface area contributed by atoms with E-state index in [0.717, 1.165) is 16.5 Å². The first-order chi connectivity index (χ1) is 14.3. The van der Waals surface area contributed by atoms with Crippen LogP contribution in [0.5, 0.6) is 5.75 Å². The predicted octanol–water partition coefficient (Wildman–Crippen LogP) is 3.57. The molecule has 0 atom stereocenters. The Morgan fingerprint density at radius 3 is 2.33 bits per heavy atom. The lowest BCUT2D eigenvalue weighted by molar-refractivity contribution is -0.140. The molecule has 0 spiro atoms. The summed E-state index contributed by atoms with van der Waals surface area (Å²) in [6.07, 6.45) is 0.191. The lowest BCUT2D eigenvalue weighted by Crippen LogP contribution is -2.15. The number of methoxy groups -OCH3 is 1. The molecule has 3 rings (SSSR count). The van der Waals surface area contributed by atoms with E-state index in [1.807, 2.05) is 35.8 Å². The number of fused-ring (bicyclic) bond motifs is 1. The van der Waals surface area contributed by atoms with Crippen molar-refractivity contribution in [1.29, 1.82) is 0 Å². The number of esters is 2. The zero-order chi connectivity index (χ0) is 21.8. The number of aromatic hydroxyl groups is 1. The lowest BCUT2D eigenvalue weighted by Gasteiger charge is -2.09. The van der Waals surface area contributed by atoms with Gasteiger partial charge in [-0.15, -0.1) is 0 Å². The van der Waals surface area contributed by atoms with Gasteiger partial charge in [0.1, 0.15) is 11.3 Å². The minimum Gasteiger partial charge on any atom is -0.507 e. The fourth-order valence-electron chi connectivity index (χ4n) is 3.41. The summed E-state index contributed by atoms with van der Waals surface area (Å²) in [6.45, 7) is 3.55. The molecule has 0 radical (unpaired) electrons. The standard InChI is InChI=1S/C23H23NO6/c1-14-10-18(15(2)24(14)9-8-22(27)29-3)21(26)13-30-23(28)19-11-16-6-4-5-7-17(16)12-20(19)25/h4-7,10-12,25H,8-9,13H2,1-3H3. The molecule has 0 aliphatic heterocycles. The lowest BCUT2D eigenvalue weighted by atomic mass is 10.1. The van der Waals surface area contributed by atoms with E-state index in [1.165, 1.54) is 19.2 Å². The molecule has 0 aliphatic rings. The number of benzene rings is 2. The minimum absolute atomic E-state index is 0.00468. The maximum atomic E-state index is 12.6. The van der Waals surface area contributed by atoms with Crippen LogP contribution in [0.1, 0.15) is 38.5 Å². The topological polar surface area (TPSA) is 94.8 Å². The monoisotopic (exact) mass is 409 g/mol. The predicted molar refractivity (Wildman–Crippen MR) is 111 cm³/mol. The largest absolute Gasteiger partial charge is 0.507 e. The summed E-state index contributed by atoms with van der Waals surface area (Å²) in [5, 5.41) is 11.7. The minimum atomic E-state index is -0.772. The second-order valence-electron chi connectivity index (χ2n) is 6.98. The van der Waals surface area contributed by atoms with Crippen LogP contribution in [0.2, 0.25) is 0 Å². The van der Waals surface area contributed by atoms with Gasteiger partial charge in [0.2, 0.25) is 5.78 Å². The van der Waals surface area contributed by atoms with Gasteiger partial charge in [-0.1, -0.05) is 24.3 Å². The van der Waals surface area contributed by atoms with E-state index in [4.69, 9.17) is 4.74 Å². The van der Waals surface area contributed by atoms with E-state index in [9.17, 15) is 19.5 Å². The number of hydrogen-bond acceptors (Lipinski definition) is 6. The highest BCUT2D eigenvalue weighted by Gasteiger charge is 2.20. The number of rotatable bonds is 7. The molecule has 0 saturated heterocycles. The van der Waals surface area contributed by atoms with Crippen LogP contribution in [0.4, 0.5) is 0 Å². The van der Waals surface area contributed by atoms with Crippen LogP contribution in [0.15, 0.2) is 42.5 Å². The van der Waals surface area contributed by atoms with Crippen LogP contribution in [0.3, 0.4) is 0 Å². The Morgan fingerprint density at radius 1 is 1.00 bits per heavy atom. The first-order valence-electron chi connectivity index (χ1n) is 9.47. The Morgan fingerprint density at radius 2 is 1.67 bits per heavy atom. The van der Waals surface area contributed by atoms with Gasteiger partial charge in [0.15, 0.2) is 6.61 Å². The van der Waals surface area contributed by atoms with Gasteiger partial charge in [-0.05, 0) is 42.8 Å². The Balaban J connectivity index is 1.70. The average Bonchev–Trinajstić information content (AvgIpc) is 3.02. The van der Waals surface area contributed by atoms with Crippen molar-refractivity contribution >= 4 is 28.5 Å². The van der Waals surface area contributed by atoms with Gasteiger partial charge in [0.25, 0.3) is 0 Å². The third-order valence-electron chi connectivity index (χ3n) is 5.06. The Hall–Kier alpha value is -3.61. The van der Waals surface area contributed by atoms with Crippen molar-refractivity contribution in [2.75, 3.05) is 13.7 Å². The number of nitrogens with zero attached hydrogens (tertiary/aromatic N) is 1. The second-order valence-corrected chi connectivity index (χ2v) is 6.98. The molecule has 7 heteroatoms. The number of Topliss-reactive ketones (excluding diaryl/α,β-unsaturated/α-hetero) is 1. The fraction of sp³-hybridized carbons (Fsp3) is 0.261. The molecule has 0 fully saturated rings. The smallest absolute Gasteiger partial charge is 0.342 e. The van der Waals surface area contributed by atoms with Crippen LogP contribution in [-0.2, 0) is 20.8 Å². The molecule has 2 aromatic carbocycles. The van der Waals surface area contributed by atoms with E-state index in [2.05, 4.69) is 4.74 Å². The normalized spacial score (nSPS) is 10.8. The van der Waals surface area contributed by atoms with E-state index in [1.54, 1.807) is 13.0 Å². The third kappa shape index (κ3) is 4.35. The summed E-state index contributed by atoms with van der Waals surface area (Å²) < 4.78 is 11.7. The fourth-order valence-corrected chi connectivity index (χ4v) is 3.41. The van der Waals surface area contributed by atoms with E-state index >= 15 is 0 Å². The molecule has 1 N–H and O–H groups in total. The summed E-state index contributed by atoms with van der Waals surface area (Å²) in [4.78, 5) is 36.4. The van der Waals surface area contributed by atoms with Crippen LogP contribution in [-0.4, -0.2) is 41.1 Å². The quantitative estimate of drug-likeness (QED) is 0.474. The molecule has 1 aromatic heterocycles. The van der Waals surface area contributed by atoms with Crippen molar-refractivity contribution in [3.8, 4) is 5.75 Å². The van der Waals surface area contributed by atoms with Crippen LogP contribution < -0.4 is 0 Å². The molecule has 3 aromatic rings. The maximum Gasteiger partial charge on any atom is 0.342 e. The number of aryl methyl sites for hydroxylation is 1. The summed E-state index contributed by atoms with van der Waals surface area (Å²) in [7, 11) is 1.33. The number of carbonyl (C=O) groups is 3. The highest BCUT2D eigenvalue weighted by atomic mass is 16.5. The molecule has 0 amide bonds. The van der Waals surface area contributed by atoms with Crippen LogP contribution in [0, 0.1) is 13.8 Å². The van der Waals surface area contributed by atoms with Crippen molar-refractivity contribution in [3.05, 3.63) is 65.0 Å². The third-order valence-corrected chi connectivity index (χ3v) is 5.06. The molecule has 0 aliphatic carbocycles. The van der Waals surface area contributed by atoms with Gasteiger partial charge >= 0.3 is 11.9 Å². The number of carbonyl (C=O) groups excluding carboxylic acids is 3. The van der Waals surface area contributed by atoms with Crippen molar-refractivity contribution in [2.45, 2.75) is 26.8 Å². The molecule has 0 unspecified atom stereocenters. The van der Waals surface area contributed by atoms with Crippen LogP contribution >= 0.6 is 0 Å². The Bertz CT molecular complexity index is 1130. The molecule has 30 heavy (non-hydrogen) atoms. The first-order valence-corrected chi connectivity index (χ1v) is 9.47. The number of phenols is 1. The van der Waals surface area contributed by atoms with Gasteiger partial charge in [-0.2, -0.15) is 0 Å². The molecule has 156 valence electrons. The van der Waals surface area contributed by atoms with Gasteiger partial charge in [0, 0.05) is 23.5 Å². The zero-order valence-electron chi connectivity index (χ0n) is 17.1. The molecule has 7 nitrogen and oxygen atoms in total. The van der Waals surface area contributed by atoms with E-state index in [0.29, 0.717) is 17.8 Å². The second kappa shape index (κ2) is 8.82. The van der Waals surface area contributed by atoms with Gasteiger partial charge in [0.05, 0.1) is 13.5 Å². The van der Waals surface area contributed by atoms with E-state index in [-0.39, 0.29) is 29.5 Å². The van der Waals surface area contributed by atoms with Crippen molar-refractivity contribution in [3.63, 3.8) is 0 Å². The summed E-state index contributed by atoms with van der Waals surface area (Å²) in [5.74, 6) is -1.67. The number of ether oxygens (including phenoxy) is 2. The Kier molecular flexibility index (Phi) is 6.20. The van der Waals surface area contributed by atoms with Gasteiger partial charge in [-0.25, -0.2) is 4.79 Å². The molecule has 0 saturated carbocycles. The number of ketones is 1. The molecular weight excluding hydrogens is 386 g/mol. The highest BCUT2D eigenvalue weighted by molar-refractivity contribution is 6.02. The number of aromatic nitrogens is 1. The average molecular weight is 409 g/mol. The molecule has 0 bridgehead atoms. The van der Waals surface area contributed by atoms with Gasteiger partial charge < -0.3 is 19.1 Å². The molecular formula is C23H23NO6. The van der Waals surface area contributed by atoms with Crippen molar-refractivity contribution < 1.29 is 29.0 Å². The number of phenolic OH excluding ortho intramolecular Hbond substituents is 1. The maximum absolute atomic E-state index is 12.6. The highest BCUT2D eigenvalue weighted by Crippen LogP contribution is 2.26. The summed E-state index contributed by atoms with van der Waals surface area (Å²) in [5.41, 5.74) is 1.93. The Labute approximate surface area is 173 Å². The summed E-state index contributed by atoms with van der Waals surface area (Å²) >= 11 is 0. The van der Waals surface area contributed by atoms with E-state index < -0.39 is 12.6 Å². The number of hydrogen-bond donors (Lipinski definition) is 1. The van der Waals surface area contributed by atoms with Crippen molar-refractivity contribution in [2.24, 2.45) is 0 Å².